The predicted octanol–water partition coefficient (Wildman–Crippen LogP) is 4.69. The smallest absolute Gasteiger partial charge is 0.303 e. The van der Waals surface area contributed by atoms with Gasteiger partial charge in [-0.2, -0.15) is 0 Å². The van der Waals surface area contributed by atoms with E-state index in [4.69, 9.17) is 16.3 Å². The van der Waals surface area contributed by atoms with Gasteiger partial charge in [-0.25, -0.2) is 0 Å². The van der Waals surface area contributed by atoms with E-state index in [1.165, 1.54) is 6.92 Å². The van der Waals surface area contributed by atoms with Gasteiger partial charge in [0.05, 0.1) is 10.8 Å². The topological polar surface area (TPSA) is 26.3 Å². The van der Waals surface area contributed by atoms with Gasteiger partial charge in [0.1, 0.15) is 6.10 Å². The maximum atomic E-state index is 11.0. The molecule has 0 spiro atoms. The van der Waals surface area contributed by atoms with Crippen molar-refractivity contribution in [2.75, 3.05) is 5.88 Å². The van der Waals surface area contributed by atoms with Crippen molar-refractivity contribution in [3.8, 4) is 21.6 Å². The highest BCUT2D eigenvalue weighted by Gasteiger charge is 2.16. The number of carbonyl (C=O) groups excluding carboxylic acids is 1. The van der Waals surface area contributed by atoms with E-state index in [0.29, 0.717) is 0 Å². The molecule has 0 aromatic carbocycles. The van der Waals surface area contributed by atoms with Gasteiger partial charge in [-0.15, -0.1) is 40.2 Å². The van der Waals surface area contributed by atoms with Crippen molar-refractivity contribution in [1.29, 1.82) is 0 Å². The number of hydrogen-bond donors (Lipinski definition) is 0. The van der Waals surface area contributed by atoms with Crippen LogP contribution in [0.3, 0.4) is 0 Å². The van der Waals surface area contributed by atoms with Gasteiger partial charge in [0.2, 0.25) is 0 Å². The third kappa shape index (κ3) is 3.63. The Kier molecular flexibility index (Phi) is 5.24. The van der Waals surface area contributed by atoms with Crippen LogP contribution >= 0.6 is 34.3 Å². The lowest BCUT2D eigenvalue weighted by atomic mass is 10.3. The minimum Gasteiger partial charge on any atom is -0.456 e. The average molecular weight is 325 g/mol. The molecule has 20 heavy (non-hydrogen) atoms. The molecule has 1 unspecified atom stereocenters. The summed E-state index contributed by atoms with van der Waals surface area (Å²) in [5.74, 6) is 5.88. The number of hydrogen-bond acceptors (Lipinski definition) is 4. The summed E-state index contributed by atoms with van der Waals surface area (Å²) in [6.45, 7) is 3.22. The fourth-order valence-electron chi connectivity index (χ4n) is 1.68. The van der Waals surface area contributed by atoms with Crippen LogP contribution in [-0.4, -0.2) is 11.8 Å². The molecule has 0 saturated carbocycles. The fraction of sp³-hybridized carbons (Fsp3) is 0.267. The Bertz CT molecular complexity index is 661. The monoisotopic (exact) mass is 324 g/mol. The maximum absolute atomic E-state index is 11.0. The van der Waals surface area contributed by atoms with Crippen LogP contribution in [0.25, 0.3) is 9.75 Å². The molecule has 2 nitrogen and oxygen atoms in total. The normalized spacial score (nSPS) is 11.6. The lowest BCUT2D eigenvalue weighted by Crippen LogP contribution is -2.08. The average Bonchev–Trinajstić information content (AvgIpc) is 3.04. The third-order valence-corrected chi connectivity index (χ3v) is 5.14. The number of thiophene rings is 2. The Morgan fingerprint density at radius 1 is 1.30 bits per heavy atom. The zero-order chi connectivity index (χ0) is 14.5. The standard InChI is InChI=1S/C15H13ClO2S2/c1-3-4-11-5-6-14(19-11)15-8-7-13(20-15)12(9-16)18-10(2)17/h5-8,12H,9H2,1-2H3. The molecule has 0 aliphatic rings. The summed E-state index contributed by atoms with van der Waals surface area (Å²) < 4.78 is 5.20. The van der Waals surface area contributed by atoms with Gasteiger partial charge in [0.15, 0.2) is 0 Å². The van der Waals surface area contributed by atoms with Crippen molar-refractivity contribution in [1.82, 2.24) is 0 Å². The van der Waals surface area contributed by atoms with Crippen LogP contribution in [0, 0.1) is 11.8 Å². The van der Waals surface area contributed by atoms with Crippen molar-refractivity contribution in [3.05, 3.63) is 34.0 Å². The van der Waals surface area contributed by atoms with Crippen molar-refractivity contribution in [2.45, 2.75) is 20.0 Å². The first-order chi connectivity index (χ1) is 9.63. The molecule has 104 valence electrons. The van der Waals surface area contributed by atoms with Crippen molar-refractivity contribution in [2.24, 2.45) is 0 Å². The molecule has 0 radical (unpaired) electrons. The summed E-state index contributed by atoms with van der Waals surface area (Å²) in [4.78, 5) is 15.4. The molecular formula is C15H13ClO2S2. The van der Waals surface area contributed by atoms with Gasteiger partial charge >= 0.3 is 5.97 Å². The van der Waals surface area contributed by atoms with Crippen LogP contribution in [0.2, 0.25) is 0 Å². The summed E-state index contributed by atoms with van der Waals surface area (Å²) in [6, 6.07) is 8.06. The Hall–Kier alpha value is -1.28. The fourth-order valence-corrected chi connectivity index (χ4v) is 4.04. The molecule has 2 rings (SSSR count). The lowest BCUT2D eigenvalue weighted by molar-refractivity contribution is -0.145. The van der Waals surface area contributed by atoms with Gasteiger partial charge in [0, 0.05) is 21.6 Å². The van der Waals surface area contributed by atoms with Crippen molar-refractivity contribution in [3.63, 3.8) is 0 Å². The van der Waals surface area contributed by atoms with E-state index < -0.39 is 0 Å². The second kappa shape index (κ2) is 6.94. The van der Waals surface area contributed by atoms with E-state index in [1.54, 1.807) is 22.7 Å². The largest absolute Gasteiger partial charge is 0.456 e. The van der Waals surface area contributed by atoms with Crippen molar-refractivity contribution < 1.29 is 9.53 Å². The highest BCUT2D eigenvalue weighted by atomic mass is 35.5. The molecule has 2 heterocycles. The molecule has 5 heteroatoms. The molecule has 2 aromatic heterocycles. The molecule has 0 N–H and O–H groups in total. The molecule has 0 bridgehead atoms. The molecule has 1 atom stereocenters. The first-order valence-corrected chi connectivity index (χ1v) is 8.16. The molecule has 0 saturated heterocycles. The maximum Gasteiger partial charge on any atom is 0.303 e. The SMILES string of the molecule is CC#Cc1ccc(-c2ccc(C(CCl)OC(C)=O)s2)s1. The number of ether oxygens (including phenoxy) is 1. The summed E-state index contributed by atoms with van der Waals surface area (Å²) in [7, 11) is 0. The van der Waals surface area contributed by atoms with Crippen LogP contribution in [0.15, 0.2) is 24.3 Å². The first kappa shape index (κ1) is 15.1. The Morgan fingerprint density at radius 2 is 2.00 bits per heavy atom. The Morgan fingerprint density at radius 3 is 2.65 bits per heavy atom. The second-order valence-corrected chi connectivity index (χ2v) is 6.50. The number of alkyl halides is 1. The number of esters is 1. The molecular weight excluding hydrogens is 312 g/mol. The van der Waals surface area contributed by atoms with E-state index in [2.05, 4.69) is 17.9 Å². The Labute approximate surface area is 131 Å². The minimum atomic E-state index is -0.372. The minimum absolute atomic E-state index is 0.260. The van der Waals surface area contributed by atoms with E-state index in [9.17, 15) is 4.79 Å². The zero-order valence-electron chi connectivity index (χ0n) is 11.1. The van der Waals surface area contributed by atoms with E-state index >= 15 is 0 Å². The summed E-state index contributed by atoms with van der Waals surface area (Å²) in [6.07, 6.45) is -0.372. The van der Waals surface area contributed by atoms with Crippen molar-refractivity contribution >= 4 is 40.2 Å². The van der Waals surface area contributed by atoms with Gasteiger partial charge < -0.3 is 4.74 Å². The molecule has 2 aromatic rings. The van der Waals surface area contributed by atoms with Crippen LogP contribution < -0.4 is 0 Å². The van der Waals surface area contributed by atoms with Gasteiger partial charge in [-0.1, -0.05) is 5.92 Å². The van der Waals surface area contributed by atoms with Gasteiger partial charge in [-0.05, 0) is 31.2 Å². The zero-order valence-corrected chi connectivity index (χ0v) is 13.5. The van der Waals surface area contributed by atoms with Crippen LogP contribution in [0.5, 0.6) is 0 Å². The van der Waals surface area contributed by atoms with Gasteiger partial charge in [0.25, 0.3) is 0 Å². The van der Waals surface area contributed by atoms with E-state index in [0.717, 1.165) is 19.5 Å². The first-order valence-electron chi connectivity index (χ1n) is 6.00. The molecule has 0 aliphatic carbocycles. The van der Waals surface area contributed by atoms with E-state index in [1.807, 2.05) is 25.1 Å². The molecule has 0 amide bonds. The Balaban J connectivity index is 2.22. The summed E-state index contributed by atoms with van der Waals surface area (Å²) in [5, 5.41) is 0. The van der Waals surface area contributed by atoms with Crippen LogP contribution in [0.4, 0.5) is 0 Å². The van der Waals surface area contributed by atoms with Crippen LogP contribution in [0.1, 0.15) is 29.7 Å². The third-order valence-electron chi connectivity index (χ3n) is 2.49. The van der Waals surface area contributed by atoms with Crippen LogP contribution in [-0.2, 0) is 9.53 Å². The number of carbonyl (C=O) groups is 1. The second-order valence-electron chi connectivity index (χ2n) is 3.99. The summed E-state index contributed by atoms with van der Waals surface area (Å²) >= 11 is 9.11. The van der Waals surface area contributed by atoms with E-state index in [-0.39, 0.29) is 18.0 Å². The number of halogens is 1. The number of rotatable bonds is 4. The lowest BCUT2D eigenvalue weighted by Gasteiger charge is -2.11. The van der Waals surface area contributed by atoms with Gasteiger partial charge in [-0.3, -0.25) is 4.79 Å². The predicted molar refractivity (Wildman–Crippen MR) is 85.4 cm³/mol. The quantitative estimate of drug-likeness (QED) is 0.463. The highest BCUT2D eigenvalue weighted by molar-refractivity contribution is 7.22. The summed E-state index contributed by atoms with van der Waals surface area (Å²) in [5.41, 5.74) is 0. The molecule has 0 aliphatic heterocycles. The highest BCUT2D eigenvalue weighted by Crippen LogP contribution is 2.36. The molecule has 0 fully saturated rings.